The molecule has 16 heavy (non-hydrogen) atoms. The summed E-state index contributed by atoms with van der Waals surface area (Å²) >= 11 is 0. The van der Waals surface area contributed by atoms with Gasteiger partial charge in [0.25, 0.3) is 0 Å². The Kier molecular flexibility index (Phi) is 3.91. The minimum atomic E-state index is -4.50. The van der Waals surface area contributed by atoms with E-state index in [9.17, 15) is 17.6 Å². The lowest BCUT2D eigenvalue weighted by Gasteiger charge is -2.15. The molecule has 0 spiro atoms. The second-order valence-corrected chi connectivity index (χ2v) is 3.51. The number of hydrogen-bond donors (Lipinski definition) is 1. The Hall–Kier alpha value is -1.10. The van der Waals surface area contributed by atoms with Crippen LogP contribution in [0.1, 0.15) is 31.0 Å². The molecule has 0 amide bonds. The van der Waals surface area contributed by atoms with Crippen molar-refractivity contribution in [2.24, 2.45) is 0 Å². The van der Waals surface area contributed by atoms with Crippen LogP contribution in [0, 0.1) is 5.82 Å². The van der Waals surface area contributed by atoms with Gasteiger partial charge in [-0.25, -0.2) is 4.39 Å². The molecule has 0 aliphatic carbocycles. The van der Waals surface area contributed by atoms with Crippen LogP contribution >= 0.6 is 0 Å². The second-order valence-electron chi connectivity index (χ2n) is 3.51. The molecule has 0 radical (unpaired) electrons. The monoisotopic (exact) mass is 235 g/mol. The minimum absolute atomic E-state index is 0.245. The van der Waals surface area contributed by atoms with Crippen molar-refractivity contribution < 1.29 is 17.6 Å². The minimum Gasteiger partial charge on any atom is -0.310 e. The largest absolute Gasteiger partial charge is 0.416 e. The molecule has 0 aliphatic rings. The fraction of sp³-hybridized carbons (Fsp3) is 0.455. The predicted octanol–water partition coefficient (Wildman–Crippen LogP) is 3.52. The van der Waals surface area contributed by atoms with Crippen molar-refractivity contribution in [3.63, 3.8) is 0 Å². The summed E-state index contributed by atoms with van der Waals surface area (Å²) in [4.78, 5) is 0. The molecular weight excluding hydrogens is 222 g/mol. The SMILES string of the molecule is CCN[C@H](C)c1ccc(C(F)(F)F)cc1F. The van der Waals surface area contributed by atoms with Gasteiger partial charge in [-0.2, -0.15) is 13.2 Å². The van der Waals surface area contributed by atoms with Gasteiger partial charge in [0.1, 0.15) is 5.82 Å². The summed E-state index contributed by atoms with van der Waals surface area (Å²) in [7, 11) is 0. The molecule has 1 rings (SSSR count). The average molecular weight is 235 g/mol. The van der Waals surface area contributed by atoms with Gasteiger partial charge in [-0.15, -0.1) is 0 Å². The van der Waals surface area contributed by atoms with Gasteiger partial charge >= 0.3 is 6.18 Å². The lowest BCUT2D eigenvalue weighted by molar-refractivity contribution is -0.137. The van der Waals surface area contributed by atoms with Gasteiger partial charge in [-0.3, -0.25) is 0 Å². The van der Waals surface area contributed by atoms with E-state index in [1.54, 1.807) is 6.92 Å². The standard InChI is InChI=1S/C11H13F4N/c1-3-16-7(2)9-5-4-8(6-10(9)12)11(13,14)15/h4-7,16H,3H2,1-2H3/t7-/m1/s1. The first-order valence-corrected chi connectivity index (χ1v) is 4.96. The molecule has 0 fully saturated rings. The molecule has 0 heterocycles. The molecule has 0 aromatic heterocycles. The van der Waals surface area contributed by atoms with Crippen LogP contribution < -0.4 is 5.32 Å². The number of alkyl halides is 3. The molecule has 0 unspecified atom stereocenters. The van der Waals surface area contributed by atoms with Gasteiger partial charge in [-0.05, 0) is 25.6 Å². The molecule has 1 aromatic carbocycles. The van der Waals surface area contributed by atoms with Crippen molar-refractivity contribution in [2.75, 3.05) is 6.54 Å². The van der Waals surface area contributed by atoms with E-state index in [1.165, 1.54) is 6.07 Å². The molecule has 0 saturated heterocycles. The van der Waals surface area contributed by atoms with E-state index in [0.29, 0.717) is 12.6 Å². The maximum absolute atomic E-state index is 13.4. The normalized spacial score (nSPS) is 13.9. The van der Waals surface area contributed by atoms with Gasteiger partial charge < -0.3 is 5.32 Å². The third-order valence-electron chi connectivity index (χ3n) is 2.30. The average Bonchev–Trinajstić information content (AvgIpc) is 2.16. The Morgan fingerprint density at radius 3 is 2.38 bits per heavy atom. The molecule has 1 nitrogen and oxygen atoms in total. The number of nitrogens with one attached hydrogen (secondary N) is 1. The molecule has 1 aromatic rings. The van der Waals surface area contributed by atoms with E-state index >= 15 is 0 Å². The van der Waals surface area contributed by atoms with Crippen molar-refractivity contribution >= 4 is 0 Å². The van der Waals surface area contributed by atoms with Gasteiger partial charge in [0, 0.05) is 11.6 Å². The van der Waals surface area contributed by atoms with E-state index < -0.39 is 17.6 Å². The number of rotatable bonds is 3. The Morgan fingerprint density at radius 2 is 1.94 bits per heavy atom. The van der Waals surface area contributed by atoms with E-state index in [0.717, 1.165) is 6.07 Å². The highest BCUT2D eigenvalue weighted by atomic mass is 19.4. The van der Waals surface area contributed by atoms with Crippen molar-refractivity contribution in [1.82, 2.24) is 5.32 Å². The van der Waals surface area contributed by atoms with E-state index in [-0.39, 0.29) is 11.6 Å². The summed E-state index contributed by atoms with van der Waals surface area (Å²) in [5.41, 5.74) is -0.715. The number of hydrogen-bond acceptors (Lipinski definition) is 1. The molecule has 1 atom stereocenters. The smallest absolute Gasteiger partial charge is 0.310 e. The molecule has 90 valence electrons. The van der Waals surface area contributed by atoms with E-state index in [4.69, 9.17) is 0 Å². The van der Waals surface area contributed by atoms with E-state index in [2.05, 4.69) is 5.32 Å². The third-order valence-corrected chi connectivity index (χ3v) is 2.30. The van der Waals surface area contributed by atoms with Gasteiger partial charge in [0.2, 0.25) is 0 Å². The molecule has 0 bridgehead atoms. The first kappa shape index (κ1) is 13.0. The molecule has 1 N–H and O–H groups in total. The van der Waals surface area contributed by atoms with Gasteiger partial charge in [0.15, 0.2) is 0 Å². The Morgan fingerprint density at radius 1 is 1.31 bits per heavy atom. The summed E-state index contributed by atoms with van der Waals surface area (Å²) in [6.07, 6.45) is -4.50. The maximum atomic E-state index is 13.4. The fourth-order valence-corrected chi connectivity index (χ4v) is 1.47. The lowest BCUT2D eigenvalue weighted by Crippen LogP contribution is -2.19. The number of benzene rings is 1. The zero-order valence-electron chi connectivity index (χ0n) is 9.03. The van der Waals surface area contributed by atoms with Crippen molar-refractivity contribution in [1.29, 1.82) is 0 Å². The molecule has 0 saturated carbocycles. The summed E-state index contributed by atoms with van der Waals surface area (Å²) in [6.45, 7) is 4.18. The molecular formula is C11H13F4N. The summed E-state index contributed by atoms with van der Waals surface area (Å²) in [5, 5.41) is 2.94. The topological polar surface area (TPSA) is 12.0 Å². The summed E-state index contributed by atoms with van der Waals surface area (Å²) < 4.78 is 50.2. The number of halogens is 4. The van der Waals surface area contributed by atoms with Crippen molar-refractivity contribution in [3.8, 4) is 0 Å². The first-order chi connectivity index (χ1) is 7.36. The third kappa shape index (κ3) is 2.95. The zero-order chi connectivity index (χ0) is 12.3. The van der Waals surface area contributed by atoms with Crippen LogP contribution in [-0.4, -0.2) is 6.54 Å². The molecule has 5 heteroatoms. The van der Waals surface area contributed by atoms with Crippen LogP contribution in [0.5, 0.6) is 0 Å². The highest BCUT2D eigenvalue weighted by Gasteiger charge is 2.31. The first-order valence-electron chi connectivity index (χ1n) is 4.96. The predicted molar refractivity (Wildman–Crippen MR) is 53.5 cm³/mol. The quantitative estimate of drug-likeness (QED) is 0.790. The Bertz CT molecular complexity index is 359. The van der Waals surface area contributed by atoms with E-state index in [1.807, 2.05) is 6.92 Å². The van der Waals surface area contributed by atoms with Gasteiger partial charge in [-0.1, -0.05) is 13.0 Å². The van der Waals surface area contributed by atoms with Gasteiger partial charge in [0.05, 0.1) is 5.56 Å². The highest BCUT2D eigenvalue weighted by Crippen LogP contribution is 2.31. The zero-order valence-corrected chi connectivity index (χ0v) is 9.03. The lowest BCUT2D eigenvalue weighted by atomic mass is 10.0. The summed E-state index contributed by atoms with van der Waals surface area (Å²) in [5.74, 6) is -0.830. The van der Waals surface area contributed by atoms with Crippen LogP contribution in [0.2, 0.25) is 0 Å². The molecule has 0 aliphatic heterocycles. The highest BCUT2D eigenvalue weighted by molar-refractivity contribution is 5.28. The Balaban J connectivity index is 3.00. The van der Waals surface area contributed by atoms with Crippen LogP contribution in [0.3, 0.4) is 0 Å². The van der Waals surface area contributed by atoms with Crippen LogP contribution in [0.25, 0.3) is 0 Å². The fourth-order valence-electron chi connectivity index (χ4n) is 1.47. The summed E-state index contributed by atoms with van der Waals surface area (Å²) in [6, 6.07) is 2.30. The Labute approximate surface area is 91.5 Å². The van der Waals surface area contributed by atoms with Crippen LogP contribution in [-0.2, 0) is 6.18 Å². The maximum Gasteiger partial charge on any atom is 0.416 e. The van der Waals surface area contributed by atoms with Crippen LogP contribution in [0.15, 0.2) is 18.2 Å². The van der Waals surface area contributed by atoms with Crippen molar-refractivity contribution in [2.45, 2.75) is 26.1 Å². The van der Waals surface area contributed by atoms with Crippen LogP contribution in [0.4, 0.5) is 17.6 Å². The second kappa shape index (κ2) is 4.82. The van der Waals surface area contributed by atoms with Crippen molar-refractivity contribution in [3.05, 3.63) is 35.1 Å².